The van der Waals surface area contributed by atoms with Crippen LogP contribution in [-0.2, 0) is 16.1 Å². The Morgan fingerprint density at radius 1 is 1.21 bits per heavy atom. The van der Waals surface area contributed by atoms with Crippen molar-refractivity contribution in [1.29, 1.82) is 0 Å². The first-order chi connectivity index (χ1) is 8.99. The van der Waals surface area contributed by atoms with Gasteiger partial charge in [-0.1, -0.05) is 0 Å². The van der Waals surface area contributed by atoms with E-state index in [-0.39, 0.29) is 6.54 Å². The second-order valence-electron chi connectivity index (χ2n) is 3.68. The van der Waals surface area contributed by atoms with Crippen molar-refractivity contribution in [3.8, 4) is 0 Å². The number of nitrogens with one attached hydrogen (secondary N) is 1. The molecule has 1 rings (SSSR count). The van der Waals surface area contributed by atoms with Crippen molar-refractivity contribution in [2.45, 2.75) is 6.54 Å². The predicted molar refractivity (Wildman–Crippen MR) is 62.5 cm³/mol. The van der Waals surface area contributed by atoms with E-state index >= 15 is 0 Å². The summed E-state index contributed by atoms with van der Waals surface area (Å²) in [7, 11) is 0. The van der Waals surface area contributed by atoms with Crippen molar-refractivity contribution in [2.24, 2.45) is 0 Å². The van der Waals surface area contributed by atoms with Crippen LogP contribution in [0.2, 0.25) is 0 Å². The summed E-state index contributed by atoms with van der Waals surface area (Å²) in [6.07, 6.45) is 4.86. The maximum absolute atomic E-state index is 11.6. The van der Waals surface area contributed by atoms with Gasteiger partial charge >= 0.3 is 18.0 Å². The molecule has 0 spiro atoms. The van der Waals surface area contributed by atoms with E-state index in [0.29, 0.717) is 11.4 Å². The van der Waals surface area contributed by atoms with Gasteiger partial charge in [-0.25, -0.2) is 9.78 Å². The smallest absolute Gasteiger partial charge is 0.323 e. The van der Waals surface area contributed by atoms with E-state index in [1.165, 1.54) is 0 Å². The summed E-state index contributed by atoms with van der Waals surface area (Å²) in [5.41, 5.74) is 0. The number of carboxylic acids is 2. The van der Waals surface area contributed by atoms with Crippen LogP contribution in [0.15, 0.2) is 18.7 Å². The maximum Gasteiger partial charge on any atom is 0.323 e. The first kappa shape index (κ1) is 14.5. The summed E-state index contributed by atoms with van der Waals surface area (Å²) in [5.74, 6) is -2.54. The highest BCUT2D eigenvalue weighted by Gasteiger charge is 2.18. The summed E-state index contributed by atoms with van der Waals surface area (Å²) < 4.78 is 1.72. The molecule has 0 saturated heterocycles. The average molecular weight is 270 g/mol. The molecular weight excluding hydrogens is 256 g/mol. The first-order valence-corrected chi connectivity index (χ1v) is 5.41. The molecule has 1 heterocycles. The number of carboxylic acid groups (broad SMARTS) is 2. The van der Waals surface area contributed by atoms with Gasteiger partial charge in [0.05, 0.1) is 6.33 Å². The van der Waals surface area contributed by atoms with E-state index in [9.17, 15) is 14.4 Å². The van der Waals surface area contributed by atoms with Gasteiger partial charge in [-0.05, 0) is 0 Å². The Balaban J connectivity index is 2.42. The topological polar surface area (TPSA) is 125 Å². The Labute approximate surface area is 108 Å². The monoisotopic (exact) mass is 270 g/mol. The fourth-order valence-electron chi connectivity index (χ4n) is 1.35. The SMILES string of the molecule is O=C(O)CN(CC(=O)O)C(=O)NCCn1ccnc1. The van der Waals surface area contributed by atoms with Crippen molar-refractivity contribution in [1.82, 2.24) is 19.8 Å². The average Bonchev–Trinajstić information content (AvgIpc) is 2.79. The van der Waals surface area contributed by atoms with Crippen LogP contribution in [0.3, 0.4) is 0 Å². The van der Waals surface area contributed by atoms with Crippen LogP contribution < -0.4 is 5.32 Å². The Bertz CT molecular complexity index is 429. The Morgan fingerprint density at radius 3 is 2.32 bits per heavy atom. The lowest BCUT2D eigenvalue weighted by atomic mass is 10.5. The highest BCUT2D eigenvalue weighted by atomic mass is 16.4. The van der Waals surface area contributed by atoms with Crippen molar-refractivity contribution < 1.29 is 24.6 Å². The van der Waals surface area contributed by atoms with Gasteiger partial charge in [0.2, 0.25) is 0 Å². The zero-order chi connectivity index (χ0) is 14.3. The fourth-order valence-corrected chi connectivity index (χ4v) is 1.35. The number of amides is 2. The molecule has 1 aromatic rings. The van der Waals surface area contributed by atoms with E-state index in [2.05, 4.69) is 10.3 Å². The zero-order valence-electron chi connectivity index (χ0n) is 10.0. The number of imidazole rings is 1. The number of aliphatic carboxylic acids is 2. The van der Waals surface area contributed by atoms with Crippen LogP contribution >= 0.6 is 0 Å². The van der Waals surface area contributed by atoms with Crippen LogP contribution in [0.4, 0.5) is 4.79 Å². The lowest BCUT2D eigenvalue weighted by Crippen LogP contribution is -2.45. The van der Waals surface area contributed by atoms with Crippen LogP contribution in [0, 0.1) is 0 Å². The number of hydrogen-bond acceptors (Lipinski definition) is 4. The lowest BCUT2D eigenvalue weighted by Gasteiger charge is -2.19. The molecule has 9 heteroatoms. The molecule has 2 amide bonds. The molecule has 104 valence electrons. The van der Waals surface area contributed by atoms with Crippen molar-refractivity contribution in [2.75, 3.05) is 19.6 Å². The van der Waals surface area contributed by atoms with Crippen LogP contribution in [0.25, 0.3) is 0 Å². The number of urea groups is 1. The minimum absolute atomic E-state index is 0.241. The van der Waals surface area contributed by atoms with Gasteiger partial charge in [-0.2, -0.15) is 0 Å². The molecule has 1 aromatic heterocycles. The molecule has 0 aliphatic heterocycles. The molecule has 3 N–H and O–H groups in total. The van der Waals surface area contributed by atoms with E-state index in [0.717, 1.165) is 0 Å². The van der Waals surface area contributed by atoms with Gasteiger partial charge in [0.1, 0.15) is 13.1 Å². The number of carbonyl (C=O) groups is 3. The third kappa shape index (κ3) is 5.52. The molecule has 9 nitrogen and oxygen atoms in total. The molecule has 0 aliphatic carbocycles. The van der Waals surface area contributed by atoms with E-state index in [4.69, 9.17) is 10.2 Å². The van der Waals surface area contributed by atoms with E-state index in [1.807, 2.05) is 0 Å². The summed E-state index contributed by atoms with van der Waals surface area (Å²) >= 11 is 0. The highest BCUT2D eigenvalue weighted by molar-refractivity contribution is 5.84. The maximum atomic E-state index is 11.6. The minimum Gasteiger partial charge on any atom is -0.480 e. The highest BCUT2D eigenvalue weighted by Crippen LogP contribution is 1.91. The Kier molecular flexibility index (Phi) is 5.33. The molecule has 0 saturated carbocycles. The van der Waals surface area contributed by atoms with Crippen LogP contribution in [0.1, 0.15) is 0 Å². The molecule has 0 aromatic carbocycles. The zero-order valence-corrected chi connectivity index (χ0v) is 10.0. The molecule has 19 heavy (non-hydrogen) atoms. The summed E-state index contributed by atoms with van der Waals surface area (Å²) in [6, 6.07) is -0.732. The minimum atomic E-state index is -1.27. The van der Waals surface area contributed by atoms with Crippen LogP contribution in [0.5, 0.6) is 0 Å². The largest absolute Gasteiger partial charge is 0.480 e. The number of carbonyl (C=O) groups excluding carboxylic acids is 1. The van der Waals surface area contributed by atoms with Gasteiger partial charge in [-0.3, -0.25) is 9.59 Å². The number of hydrogen-bond donors (Lipinski definition) is 3. The number of aromatic nitrogens is 2. The summed E-state index contributed by atoms with van der Waals surface area (Å²) in [6.45, 7) is -0.628. The molecule has 0 radical (unpaired) electrons. The molecule has 0 atom stereocenters. The molecule has 0 aliphatic rings. The lowest BCUT2D eigenvalue weighted by molar-refractivity contribution is -0.140. The first-order valence-electron chi connectivity index (χ1n) is 5.41. The second-order valence-corrected chi connectivity index (χ2v) is 3.68. The van der Waals surface area contributed by atoms with E-state index in [1.54, 1.807) is 23.3 Å². The molecule has 0 unspecified atom stereocenters. The van der Waals surface area contributed by atoms with Gasteiger partial charge in [0, 0.05) is 25.5 Å². The third-order valence-electron chi connectivity index (χ3n) is 2.14. The van der Waals surface area contributed by atoms with Gasteiger partial charge in [0.15, 0.2) is 0 Å². The van der Waals surface area contributed by atoms with Crippen LogP contribution in [-0.4, -0.2) is 62.3 Å². The number of rotatable bonds is 7. The van der Waals surface area contributed by atoms with Gasteiger partial charge < -0.3 is 25.0 Å². The molecule has 0 bridgehead atoms. The van der Waals surface area contributed by atoms with Crippen molar-refractivity contribution in [3.63, 3.8) is 0 Å². The second kappa shape index (κ2) is 6.99. The standard InChI is InChI=1S/C10H14N4O5/c15-8(16)5-14(6-9(17)18)10(19)12-2-4-13-3-1-11-7-13/h1,3,7H,2,4-6H2,(H,12,19)(H,15,16)(H,17,18). The third-order valence-corrected chi connectivity index (χ3v) is 2.14. The number of nitrogens with zero attached hydrogens (tertiary/aromatic N) is 3. The Hall–Kier alpha value is -2.58. The van der Waals surface area contributed by atoms with Crippen molar-refractivity contribution in [3.05, 3.63) is 18.7 Å². The Morgan fingerprint density at radius 2 is 1.84 bits per heavy atom. The van der Waals surface area contributed by atoms with E-state index < -0.39 is 31.1 Å². The summed E-state index contributed by atoms with van der Waals surface area (Å²) in [5, 5.41) is 19.6. The summed E-state index contributed by atoms with van der Waals surface area (Å²) in [4.78, 5) is 37.2. The van der Waals surface area contributed by atoms with Gasteiger partial charge in [-0.15, -0.1) is 0 Å². The predicted octanol–water partition coefficient (Wildman–Crippen LogP) is -0.936. The van der Waals surface area contributed by atoms with Gasteiger partial charge in [0.25, 0.3) is 0 Å². The molecule has 0 fully saturated rings. The normalized spacial score (nSPS) is 9.89. The molecular formula is C10H14N4O5. The fraction of sp³-hybridized carbons (Fsp3) is 0.400. The van der Waals surface area contributed by atoms with Crippen molar-refractivity contribution >= 4 is 18.0 Å². The quantitative estimate of drug-likeness (QED) is 0.587.